The van der Waals surface area contributed by atoms with E-state index in [-0.39, 0.29) is 0 Å². The van der Waals surface area contributed by atoms with Crippen LogP contribution in [0.25, 0.3) is 0 Å². The number of thioether (sulfide) groups is 1. The minimum Gasteiger partial charge on any atom is -0.341 e. The third-order valence-corrected chi connectivity index (χ3v) is 3.25. The van der Waals surface area contributed by atoms with E-state index in [9.17, 15) is 0 Å². The van der Waals surface area contributed by atoms with Gasteiger partial charge in [0.25, 0.3) is 0 Å². The summed E-state index contributed by atoms with van der Waals surface area (Å²) < 4.78 is 0. The largest absolute Gasteiger partial charge is 0.341 e. The van der Waals surface area contributed by atoms with Crippen LogP contribution in [0.1, 0.15) is 0 Å². The molecule has 0 spiro atoms. The van der Waals surface area contributed by atoms with E-state index in [0.717, 1.165) is 12.3 Å². The maximum absolute atomic E-state index is 2.36. The zero-order chi connectivity index (χ0) is 11.9. The highest BCUT2D eigenvalue weighted by Gasteiger charge is 2.07. The number of rotatable bonds is 5. The van der Waals surface area contributed by atoms with Gasteiger partial charge in [0.2, 0.25) is 0 Å². The van der Waals surface area contributed by atoms with Gasteiger partial charge in [-0.05, 0) is 30.5 Å². The van der Waals surface area contributed by atoms with Crippen molar-refractivity contribution < 1.29 is 0 Å². The minimum atomic E-state index is 1.04. The van der Waals surface area contributed by atoms with Crippen molar-refractivity contribution in [2.24, 2.45) is 0 Å². The number of para-hydroxylation sites is 2. The molecule has 0 atom stereocenters. The van der Waals surface area contributed by atoms with Crippen LogP contribution in [0.3, 0.4) is 0 Å². The van der Waals surface area contributed by atoms with Gasteiger partial charge < -0.3 is 4.90 Å². The number of anilines is 2. The quantitative estimate of drug-likeness (QED) is 0.774. The van der Waals surface area contributed by atoms with Crippen LogP contribution in [0.4, 0.5) is 11.4 Å². The van der Waals surface area contributed by atoms with Gasteiger partial charge in [-0.15, -0.1) is 0 Å². The van der Waals surface area contributed by atoms with E-state index in [0.29, 0.717) is 0 Å². The molecule has 0 bridgehead atoms. The molecule has 2 aromatic carbocycles. The third-order valence-electron chi connectivity index (χ3n) is 2.65. The lowest BCUT2D eigenvalue weighted by Gasteiger charge is -2.24. The Balaban J connectivity index is 2.26. The maximum atomic E-state index is 2.36. The Morgan fingerprint density at radius 3 is 1.71 bits per heavy atom. The Morgan fingerprint density at radius 2 is 1.29 bits per heavy atom. The molecular formula is C15H17NS. The summed E-state index contributed by atoms with van der Waals surface area (Å²) in [4.78, 5) is 2.36. The molecule has 0 aromatic heterocycles. The van der Waals surface area contributed by atoms with Crippen LogP contribution in [0.15, 0.2) is 60.7 Å². The van der Waals surface area contributed by atoms with E-state index in [1.165, 1.54) is 11.4 Å². The Bertz CT molecular complexity index is 388. The summed E-state index contributed by atoms with van der Waals surface area (Å²) >= 11 is 1.88. The van der Waals surface area contributed by atoms with Crippen molar-refractivity contribution in [1.82, 2.24) is 0 Å². The molecule has 0 aliphatic heterocycles. The van der Waals surface area contributed by atoms with Crippen LogP contribution in [-0.2, 0) is 0 Å². The summed E-state index contributed by atoms with van der Waals surface area (Å²) in [5.41, 5.74) is 2.51. The highest BCUT2D eigenvalue weighted by atomic mass is 32.2. The predicted molar refractivity (Wildman–Crippen MR) is 78.3 cm³/mol. The highest BCUT2D eigenvalue weighted by Crippen LogP contribution is 2.24. The first-order valence-electron chi connectivity index (χ1n) is 5.78. The van der Waals surface area contributed by atoms with Crippen molar-refractivity contribution in [2.45, 2.75) is 0 Å². The molecule has 0 N–H and O–H groups in total. The Kier molecular flexibility index (Phi) is 4.51. The van der Waals surface area contributed by atoms with E-state index < -0.39 is 0 Å². The maximum Gasteiger partial charge on any atom is 0.0410 e. The SMILES string of the molecule is CSCCN(c1ccccc1)c1ccccc1. The van der Waals surface area contributed by atoms with Crippen LogP contribution >= 0.6 is 11.8 Å². The van der Waals surface area contributed by atoms with E-state index in [4.69, 9.17) is 0 Å². The van der Waals surface area contributed by atoms with Gasteiger partial charge in [0, 0.05) is 23.7 Å². The van der Waals surface area contributed by atoms with E-state index in [1.807, 2.05) is 11.8 Å². The van der Waals surface area contributed by atoms with Gasteiger partial charge in [-0.2, -0.15) is 11.8 Å². The Labute approximate surface area is 107 Å². The lowest BCUT2D eigenvalue weighted by molar-refractivity contribution is 1.04. The van der Waals surface area contributed by atoms with Crippen LogP contribution in [-0.4, -0.2) is 18.6 Å². The van der Waals surface area contributed by atoms with Gasteiger partial charge in [-0.1, -0.05) is 36.4 Å². The topological polar surface area (TPSA) is 3.24 Å². The molecule has 0 unspecified atom stereocenters. The number of nitrogens with zero attached hydrogens (tertiary/aromatic N) is 1. The van der Waals surface area contributed by atoms with E-state index >= 15 is 0 Å². The van der Waals surface area contributed by atoms with Crippen LogP contribution in [0.5, 0.6) is 0 Å². The molecule has 17 heavy (non-hydrogen) atoms. The molecule has 0 fully saturated rings. The summed E-state index contributed by atoms with van der Waals surface area (Å²) in [6, 6.07) is 21.1. The van der Waals surface area contributed by atoms with Gasteiger partial charge >= 0.3 is 0 Å². The van der Waals surface area contributed by atoms with Crippen LogP contribution in [0.2, 0.25) is 0 Å². The fourth-order valence-corrected chi connectivity index (χ4v) is 2.17. The Morgan fingerprint density at radius 1 is 0.824 bits per heavy atom. The monoisotopic (exact) mass is 243 g/mol. The first-order chi connectivity index (χ1) is 8.42. The minimum absolute atomic E-state index is 1.04. The molecule has 0 aliphatic carbocycles. The molecule has 0 saturated heterocycles. The molecule has 2 aromatic rings. The van der Waals surface area contributed by atoms with Crippen LogP contribution in [0, 0.1) is 0 Å². The van der Waals surface area contributed by atoms with Gasteiger partial charge in [-0.3, -0.25) is 0 Å². The summed E-state index contributed by atoms with van der Waals surface area (Å²) in [5.74, 6) is 1.13. The van der Waals surface area contributed by atoms with Crippen molar-refractivity contribution in [3.05, 3.63) is 60.7 Å². The molecule has 0 heterocycles. The van der Waals surface area contributed by atoms with Crippen molar-refractivity contribution in [3.8, 4) is 0 Å². The molecule has 0 aliphatic rings. The lowest BCUT2D eigenvalue weighted by Crippen LogP contribution is -2.19. The number of benzene rings is 2. The molecule has 88 valence electrons. The molecular weight excluding hydrogens is 226 g/mol. The van der Waals surface area contributed by atoms with Crippen molar-refractivity contribution in [3.63, 3.8) is 0 Å². The second-order valence-electron chi connectivity index (χ2n) is 3.82. The lowest BCUT2D eigenvalue weighted by atomic mass is 10.2. The average molecular weight is 243 g/mol. The van der Waals surface area contributed by atoms with Crippen molar-refractivity contribution in [1.29, 1.82) is 0 Å². The molecule has 2 heteroatoms. The fourth-order valence-electron chi connectivity index (χ4n) is 1.81. The first-order valence-corrected chi connectivity index (χ1v) is 7.18. The second kappa shape index (κ2) is 6.36. The normalized spacial score (nSPS) is 10.2. The molecule has 0 radical (unpaired) electrons. The fraction of sp³-hybridized carbons (Fsp3) is 0.200. The molecule has 0 saturated carbocycles. The summed E-state index contributed by atoms with van der Waals surface area (Å²) in [5, 5.41) is 0. The second-order valence-corrected chi connectivity index (χ2v) is 4.80. The first kappa shape index (κ1) is 12.1. The van der Waals surface area contributed by atoms with Crippen molar-refractivity contribution in [2.75, 3.05) is 23.5 Å². The summed E-state index contributed by atoms with van der Waals surface area (Å²) in [6.45, 7) is 1.04. The average Bonchev–Trinajstić information content (AvgIpc) is 2.42. The predicted octanol–water partition coefficient (Wildman–Crippen LogP) is 4.19. The van der Waals surface area contributed by atoms with Gasteiger partial charge in [0.05, 0.1) is 0 Å². The standard InChI is InChI=1S/C15H17NS/c1-17-13-12-16(14-8-4-2-5-9-14)15-10-6-3-7-11-15/h2-11H,12-13H2,1H3. The molecule has 1 nitrogen and oxygen atoms in total. The summed E-state index contributed by atoms with van der Waals surface area (Å²) in [7, 11) is 0. The van der Waals surface area contributed by atoms with E-state index in [2.05, 4.69) is 71.8 Å². The van der Waals surface area contributed by atoms with Gasteiger partial charge in [0.15, 0.2) is 0 Å². The third kappa shape index (κ3) is 3.27. The Hall–Kier alpha value is -1.41. The zero-order valence-corrected chi connectivity index (χ0v) is 10.9. The van der Waals surface area contributed by atoms with E-state index in [1.54, 1.807) is 0 Å². The van der Waals surface area contributed by atoms with Gasteiger partial charge in [-0.25, -0.2) is 0 Å². The zero-order valence-electron chi connectivity index (χ0n) is 10.0. The molecule has 2 rings (SSSR count). The van der Waals surface area contributed by atoms with Crippen molar-refractivity contribution >= 4 is 23.1 Å². The highest BCUT2D eigenvalue weighted by molar-refractivity contribution is 7.98. The smallest absolute Gasteiger partial charge is 0.0410 e. The van der Waals surface area contributed by atoms with Crippen LogP contribution < -0.4 is 4.90 Å². The van der Waals surface area contributed by atoms with Gasteiger partial charge in [0.1, 0.15) is 0 Å². The molecule has 0 amide bonds. The number of hydrogen-bond acceptors (Lipinski definition) is 2. The number of hydrogen-bond donors (Lipinski definition) is 0. The summed E-state index contributed by atoms with van der Waals surface area (Å²) in [6.07, 6.45) is 2.15.